The average molecular weight is 175 g/mol. The fraction of sp³-hybridized carbons (Fsp3) is 0.500. The molecule has 0 saturated heterocycles. The lowest BCUT2D eigenvalue weighted by molar-refractivity contribution is 0.626. The highest BCUT2D eigenvalue weighted by atomic mass is 14.9. The summed E-state index contributed by atoms with van der Waals surface area (Å²) in [7, 11) is 0. The van der Waals surface area contributed by atoms with Gasteiger partial charge in [0.05, 0.1) is 0 Å². The summed E-state index contributed by atoms with van der Waals surface area (Å²) in [6, 6.07) is 0. The lowest BCUT2D eigenvalue weighted by Crippen LogP contribution is -2.23. The van der Waals surface area contributed by atoms with Crippen LogP contribution in [0.3, 0.4) is 0 Å². The molecule has 0 aromatic heterocycles. The Kier molecular flexibility index (Phi) is 2.12. The van der Waals surface area contributed by atoms with Gasteiger partial charge >= 0.3 is 0 Å². The molecule has 1 N–H and O–H groups in total. The summed E-state index contributed by atoms with van der Waals surface area (Å²) in [4.78, 5) is 0. The van der Waals surface area contributed by atoms with Gasteiger partial charge in [0.25, 0.3) is 0 Å². The van der Waals surface area contributed by atoms with Crippen molar-refractivity contribution in [2.45, 2.75) is 20.3 Å². The fourth-order valence-corrected chi connectivity index (χ4v) is 1.76. The molecule has 0 atom stereocenters. The second-order valence-corrected chi connectivity index (χ2v) is 4.47. The molecule has 70 valence electrons. The van der Waals surface area contributed by atoms with E-state index in [4.69, 9.17) is 0 Å². The molecule has 0 fully saturated rings. The van der Waals surface area contributed by atoms with Gasteiger partial charge in [-0.25, -0.2) is 0 Å². The molecular weight excluding hydrogens is 158 g/mol. The maximum Gasteiger partial charge on any atom is 0.0208 e. The highest BCUT2D eigenvalue weighted by Gasteiger charge is 2.15. The predicted octanol–water partition coefficient (Wildman–Crippen LogP) is 2.43. The Balaban J connectivity index is 2.32. The summed E-state index contributed by atoms with van der Waals surface area (Å²) in [5, 5.41) is 3.40. The maximum atomic E-state index is 3.40. The topological polar surface area (TPSA) is 12.0 Å². The van der Waals surface area contributed by atoms with E-state index in [1.165, 1.54) is 17.6 Å². The number of hydrogen-bond donors (Lipinski definition) is 1. The SMILES string of the molecule is CC1(C)C=CC2=C(C=C1)CNCC2. The Hall–Kier alpha value is -0.820. The van der Waals surface area contributed by atoms with E-state index in [-0.39, 0.29) is 5.41 Å². The van der Waals surface area contributed by atoms with Crippen LogP contribution in [0.2, 0.25) is 0 Å². The van der Waals surface area contributed by atoms with E-state index in [0.29, 0.717) is 0 Å². The van der Waals surface area contributed by atoms with Crippen molar-refractivity contribution in [1.29, 1.82) is 0 Å². The summed E-state index contributed by atoms with van der Waals surface area (Å²) < 4.78 is 0. The zero-order valence-electron chi connectivity index (χ0n) is 8.43. The van der Waals surface area contributed by atoms with Gasteiger partial charge < -0.3 is 5.32 Å². The van der Waals surface area contributed by atoms with Crippen molar-refractivity contribution in [3.63, 3.8) is 0 Å². The first-order valence-corrected chi connectivity index (χ1v) is 4.99. The van der Waals surface area contributed by atoms with E-state index in [1.54, 1.807) is 0 Å². The molecule has 0 aromatic rings. The van der Waals surface area contributed by atoms with E-state index < -0.39 is 0 Å². The third-order valence-corrected chi connectivity index (χ3v) is 2.73. The van der Waals surface area contributed by atoms with E-state index in [0.717, 1.165) is 13.1 Å². The first kappa shape index (κ1) is 8.76. The highest BCUT2D eigenvalue weighted by Crippen LogP contribution is 2.27. The van der Waals surface area contributed by atoms with Crippen molar-refractivity contribution in [2.75, 3.05) is 13.1 Å². The third kappa shape index (κ3) is 1.92. The summed E-state index contributed by atoms with van der Waals surface area (Å²) >= 11 is 0. The van der Waals surface area contributed by atoms with Crippen molar-refractivity contribution >= 4 is 0 Å². The summed E-state index contributed by atoms with van der Waals surface area (Å²) in [6.07, 6.45) is 10.3. The fourth-order valence-electron chi connectivity index (χ4n) is 1.76. The second kappa shape index (κ2) is 3.15. The van der Waals surface area contributed by atoms with Crippen LogP contribution in [0.4, 0.5) is 0 Å². The second-order valence-electron chi connectivity index (χ2n) is 4.47. The molecule has 1 heterocycles. The van der Waals surface area contributed by atoms with E-state index in [2.05, 4.69) is 43.5 Å². The molecule has 0 radical (unpaired) electrons. The van der Waals surface area contributed by atoms with Gasteiger partial charge in [0, 0.05) is 12.0 Å². The number of rotatable bonds is 0. The average Bonchev–Trinajstić information content (AvgIpc) is 2.27. The number of allylic oxidation sites excluding steroid dienone is 3. The van der Waals surface area contributed by atoms with Gasteiger partial charge in [-0.2, -0.15) is 0 Å². The van der Waals surface area contributed by atoms with Gasteiger partial charge in [-0.05, 0) is 24.1 Å². The molecule has 0 bridgehead atoms. The van der Waals surface area contributed by atoms with Crippen LogP contribution in [0.5, 0.6) is 0 Å². The Morgan fingerprint density at radius 2 is 1.85 bits per heavy atom. The minimum absolute atomic E-state index is 0.220. The summed E-state index contributed by atoms with van der Waals surface area (Å²) in [6.45, 7) is 6.64. The monoisotopic (exact) mass is 175 g/mol. The van der Waals surface area contributed by atoms with Crippen LogP contribution in [0.25, 0.3) is 0 Å². The first-order valence-electron chi connectivity index (χ1n) is 4.99. The molecular formula is C12H17N. The van der Waals surface area contributed by atoms with Gasteiger partial charge in [0.2, 0.25) is 0 Å². The molecule has 0 amide bonds. The molecule has 1 aliphatic heterocycles. The Labute approximate surface area is 80.2 Å². The van der Waals surface area contributed by atoms with Gasteiger partial charge in [-0.3, -0.25) is 0 Å². The van der Waals surface area contributed by atoms with Crippen LogP contribution in [0, 0.1) is 5.41 Å². The Morgan fingerprint density at radius 1 is 1.15 bits per heavy atom. The molecule has 1 nitrogen and oxygen atoms in total. The molecule has 1 aliphatic carbocycles. The van der Waals surface area contributed by atoms with Crippen molar-refractivity contribution < 1.29 is 0 Å². The standard InChI is InChI=1S/C12H17N/c1-12(2)6-3-10-5-8-13-9-11(10)4-7-12/h3-4,6-7,13H,5,8-9H2,1-2H3. The van der Waals surface area contributed by atoms with Gasteiger partial charge in [-0.1, -0.05) is 38.2 Å². The van der Waals surface area contributed by atoms with Crippen molar-refractivity contribution in [3.8, 4) is 0 Å². The first-order chi connectivity index (χ1) is 6.17. The molecule has 2 rings (SSSR count). The normalized spacial score (nSPS) is 25.7. The lowest BCUT2D eigenvalue weighted by Gasteiger charge is -2.15. The molecule has 0 spiro atoms. The minimum atomic E-state index is 0.220. The quantitative estimate of drug-likeness (QED) is 0.596. The zero-order valence-corrected chi connectivity index (χ0v) is 8.43. The van der Waals surface area contributed by atoms with Crippen LogP contribution in [0.15, 0.2) is 35.5 Å². The van der Waals surface area contributed by atoms with Crippen molar-refractivity contribution in [3.05, 3.63) is 35.5 Å². The summed E-state index contributed by atoms with van der Waals surface area (Å²) in [5.41, 5.74) is 3.20. The molecule has 1 heteroatoms. The highest BCUT2D eigenvalue weighted by molar-refractivity contribution is 5.40. The lowest BCUT2D eigenvalue weighted by atomic mass is 9.93. The maximum absolute atomic E-state index is 3.40. The Morgan fingerprint density at radius 3 is 2.62 bits per heavy atom. The zero-order chi connectivity index (χ0) is 9.31. The predicted molar refractivity (Wildman–Crippen MR) is 56.6 cm³/mol. The molecule has 0 unspecified atom stereocenters. The van der Waals surface area contributed by atoms with Gasteiger partial charge in [0.1, 0.15) is 0 Å². The summed E-state index contributed by atoms with van der Waals surface area (Å²) in [5.74, 6) is 0. The van der Waals surface area contributed by atoms with Crippen molar-refractivity contribution in [2.24, 2.45) is 5.41 Å². The Bertz CT molecular complexity index is 264. The van der Waals surface area contributed by atoms with Crippen LogP contribution in [-0.2, 0) is 0 Å². The number of nitrogens with one attached hydrogen (secondary N) is 1. The number of hydrogen-bond acceptors (Lipinski definition) is 1. The smallest absolute Gasteiger partial charge is 0.0208 e. The van der Waals surface area contributed by atoms with Gasteiger partial charge in [-0.15, -0.1) is 0 Å². The van der Waals surface area contributed by atoms with Gasteiger partial charge in [0.15, 0.2) is 0 Å². The minimum Gasteiger partial charge on any atom is -0.312 e. The third-order valence-electron chi connectivity index (χ3n) is 2.73. The van der Waals surface area contributed by atoms with Crippen LogP contribution < -0.4 is 5.32 Å². The van der Waals surface area contributed by atoms with E-state index in [1.807, 2.05) is 0 Å². The molecule has 13 heavy (non-hydrogen) atoms. The molecule has 0 saturated carbocycles. The molecule has 2 aliphatic rings. The van der Waals surface area contributed by atoms with Crippen LogP contribution >= 0.6 is 0 Å². The van der Waals surface area contributed by atoms with Crippen molar-refractivity contribution in [1.82, 2.24) is 5.32 Å². The van der Waals surface area contributed by atoms with E-state index >= 15 is 0 Å². The molecule has 0 aromatic carbocycles. The van der Waals surface area contributed by atoms with Crippen LogP contribution in [0.1, 0.15) is 20.3 Å². The van der Waals surface area contributed by atoms with E-state index in [9.17, 15) is 0 Å². The van der Waals surface area contributed by atoms with Crippen LogP contribution in [-0.4, -0.2) is 13.1 Å². The largest absolute Gasteiger partial charge is 0.312 e.